The summed E-state index contributed by atoms with van der Waals surface area (Å²) in [7, 11) is 0. The number of fused-ring (bicyclic) bond motifs is 2. The topological polar surface area (TPSA) is 106 Å². The second kappa shape index (κ2) is 8.57. The van der Waals surface area contributed by atoms with Crippen molar-refractivity contribution in [2.24, 2.45) is 0 Å². The number of amides is 1. The Balaban J connectivity index is 1.52. The zero-order valence-corrected chi connectivity index (χ0v) is 16.9. The highest BCUT2D eigenvalue weighted by Crippen LogP contribution is 2.38. The van der Waals surface area contributed by atoms with Gasteiger partial charge in [0, 0.05) is 6.20 Å². The van der Waals surface area contributed by atoms with Crippen LogP contribution in [0.3, 0.4) is 0 Å². The average molecular weight is 408 g/mol. The van der Waals surface area contributed by atoms with E-state index in [1.807, 2.05) is 6.07 Å². The van der Waals surface area contributed by atoms with Gasteiger partial charge in [0.25, 0.3) is 0 Å². The summed E-state index contributed by atoms with van der Waals surface area (Å²) in [4.78, 5) is 29.0. The largest absolute Gasteiger partial charge is 0.463 e. The summed E-state index contributed by atoms with van der Waals surface area (Å²) in [6, 6.07) is 4.21. The lowest BCUT2D eigenvalue weighted by molar-refractivity contribution is -0.153. The van der Waals surface area contributed by atoms with Crippen molar-refractivity contribution >= 4 is 17.7 Å². The minimum atomic E-state index is -1.14. The van der Waals surface area contributed by atoms with Crippen molar-refractivity contribution in [2.75, 3.05) is 11.9 Å². The number of rotatable bonds is 6. The van der Waals surface area contributed by atoms with Crippen molar-refractivity contribution in [3.05, 3.63) is 46.5 Å². The first kappa shape index (κ1) is 20.0. The lowest BCUT2D eigenvalue weighted by Gasteiger charge is -2.19. The van der Waals surface area contributed by atoms with Crippen LogP contribution in [0.25, 0.3) is 0 Å². The normalized spacial score (nSPS) is 15.1. The molecule has 1 N–H and O–H groups in total. The molecule has 0 aliphatic heterocycles. The summed E-state index contributed by atoms with van der Waals surface area (Å²) in [6.45, 7) is 1.88. The number of aromatic nitrogens is 2. The predicted octanol–water partition coefficient (Wildman–Crippen LogP) is 2.91. The van der Waals surface area contributed by atoms with Crippen molar-refractivity contribution in [2.45, 2.75) is 58.1 Å². The van der Waals surface area contributed by atoms with Crippen molar-refractivity contribution in [3.63, 3.8) is 0 Å². The van der Waals surface area contributed by atoms with Crippen LogP contribution in [0.5, 0.6) is 0 Å². The third-order valence-electron chi connectivity index (χ3n) is 5.62. The van der Waals surface area contributed by atoms with Gasteiger partial charge in [0.05, 0.1) is 25.2 Å². The molecule has 1 amide bonds. The minimum Gasteiger partial charge on any atom is -0.463 e. The molecule has 1 aromatic heterocycles. The quantitative estimate of drug-likeness (QED) is 0.737. The van der Waals surface area contributed by atoms with Crippen LogP contribution >= 0.6 is 0 Å². The van der Waals surface area contributed by atoms with Gasteiger partial charge in [0.2, 0.25) is 6.10 Å². The molecule has 156 valence electrons. The molecule has 4 rings (SSSR count). The number of hydrogen-bond acceptors (Lipinski definition) is 6. The SMILES string of the molecule is CCOC(=O)[C@@H](Cn1cnc(C#N)c1)OC(=O)Nc1c2c(cc3c1CCC3)CCC2. The number of nitriles is 1. The van der Waals surface area contributed by atoms with Crippen molar-refractivity contribution in [1.82, 2.24) is 9.55 Å². The molecule has 1 heterocycles. The van der Waals surface area contributed by atoms with Crippen molar-refractivity contribution in [3.8, 4) is 6.07 Å². The van der Waals surface area contributed by atoms with Crippen LogP contribution in [-0.2, 0) is 46.5 Å². The number of imidazole rings is 1. The van der Waals surface area contributed by atoms with Gasteiger partial charge in [0.15, 0.2) is 5.69 Å². The molecule has 2 aliphatic carbocycles. The molecule has 0 radical (unpaired) electrons. The van der Waals surface area contributed by atoms with E-state index in [-0.39, 0.29) is 18.8 Å². The zero-order valence-electron chi connectivity index (χ0n) is 16.9. The smallest absolute Gasteiger partial charge is 0.412 e. The molecule has 30 heavy (non-hydrogen) atoms. The molecule has 1 atom stereocenters. The molecule has 0 saturated heterocycles. The maximum Gasteiger partial charge on any atom is 0.412 e. The molecule has 0 spiro atoms. The predicted molar refractivity (Wildman–Crippen MR) is 108 cm³/mol. The molecule has 2 aromatic rings. The molecule has 0 bridgehead atoms. The zero-order chi connectivity index (χ0) is 21.1. The van der Waals surface area contributed by atoms with E-state index >= 15 is 0 Å². The molecule has 0 unspecified atom stereocenters. The molecule has 0 fully saturated rings. The lowest BCUT2D eigenvalue weighted by atomic mass is 9.99. The fourth-order valence-electron chi connectivity index (χ4n) is 4.33. The number of anilines is 1. The fourth-order valence-corrected chi connectivity index (χ4v) is 4.33. The number of ether oxygens (including phenoxy) is 2. The number of nitrogens with one attached hydrogen (secondary N) is 1. The highest BCUT2D eigenvalue weighted by molar-refractivity contribution is 5.90. The Morgan fingerprint density at radius 2 is 1.93 bits per heavy atom. The Morgan fingerprint density at radius 3 is 2.53 bits per heavy atom. The van der Waals surface area contributed by atoms with Crippen molar-refractivity contribution < 1.29 is 19.1 Å². The standard InChI is InChI=1S/C22H24N4O4/c1-2-29-21(27)19(12-26-11-16(10-23)24-13-26)30-22(28)25-20-17-7-3-5-14(17)9-15-6-4-8-18(15)20/h9,11,13,19H,2-8,12H2,1H3,(H,25,28)/t19-/m1/s1. The van der Waals surface area contributed by atoms with Crippen LogP contribution in [-0.4, -0.2) is 34.3 Å². The summed E-state index contributed by atoms with van der Waals surface area (Å²) in [5.41, 5.74) is 6.06. The fraction of sp³-hybridized carbons (Fsp3) is 0.455. The summed E-state index contributed by atoms with van der Waals surface area (Å²) >= 11 is 0. The minimum absolute atomic E-state index is 0.0198. The second-order valence-electron chi connectivity index (χ2n) is 7.57. The second-order valence-corrected chi connectivity index (χ2v) is 7.57. The first-order valence-electron chi connectivity index (χ1n) is 10.3. The molecule has 2 aliphatic rings. The van der Waals surface area contributed by atoms with E-state index in [1.54, 1.807) is 6.92 Å². The van der Waals surface area contributed by atoms with E-state index in [0.29, 0.717) is 0 Å². The van der Waals surface area contributed by atoms with E-state index in [2.05, 4.69) is 16.4 Å². The van der Waals surface area contributed by atoms with E-state index in [1.165, 1.54) is 39.3 Å². The third kappa shape index (κ3) is 4.01. The molecule has 1 aromatic carbocycles. The van der Waals surface area contributed by atoms with Gasteiger partial charge in [0.1, 0.15) is 6.07 Å². The Hall–Kier alpha value is -3.34. The first-order chi connectivity index (χ1) is 14.6. The van der Waals surface area contributed by atoms with Crippen LogP contribution in [0.1, 0.15) is 47.7 Å². The number of nitrogens with zero attached hydrogens (tertiary/aromatic N) is 3. The Labute approximate surface area is 174 Å². The molecular weight excluding hydrogens is 384 g/mol. The monoisotopic (exact) mass is 408 g/mol. The van der Waals surface area contributed by atoms with E-state index in [4.69, 9.17) is 14.7 Å². The summed E-state index contributed by atoms with van der Waals surface area (Å²) < 4.78 is 12.1. The average Bonchev–Trinajstić information content (AvgIpc) is 3.47. The number of carbonyl (C=O) groups is 2. The molecule has 8 heteroatoms. The van der Waals surface area contributed by atoms with Crippen LogP contribution in [0.4, 0.5) is 10.5 Å². The van der Waals surface area contributed by atoms with E-state index < -0.39 is 18.2 Å². The van der Waals surface area contributed by atoms with Gasteiger partial charge in [-0.25, -0.2) is 14.6 Å². The third-order valence-corrected chi connectivity index (χ3v) is 5.62. The van der Waals surface area contributed by atoms with Gasteiger partial charge in [-0.15, -0.1) is 0 Å². The number of esters is 1. The Kier molecular flexibility index (Phi) is 5.70. The van der Waals surface area contributed by atoms with Gasteiger partial charge < -0.3 is 14.0 Å². The lowest BCUT2D eigenvalue weighted by Crippen LogP contribution is -2.34. The van der Waals surface area contributed by atoms with Crippen LogP contribution in [0, 0.1) is 11.3 Å². The summed E-state index contributed by atoms with van der Waals surface area (Å²) in [5.74, 6) is -0.636. The van der Waals surface area contributed by atoms with Gasteiger partial charge in [-0.05, 0) is 67.7 Å². The van der Waals surface area contributed by atoms with Gasteiger partial charge in [-0.3, -0.25) is 5.32 Å². The van der Waals surface area contributed by atoms with Gasteiger partial charge in [-0.1, -0.05) is 6.07 Å². The van der Waals surface area contributed by atoms with Crippen LogP contribution in [0.15, 0.2) is 18.6 Å². The Bertz CT molecular complexity index is 989. The number of carbonyl (C=O) groups excluding carboxylic acids is 2. The maximum absolute atomic E-state index is 12.8. The van der Waals surface area contributed by atoms with Gasteiger partial charge in [-0.2, -0.15) is 5.26 Å². The summed E-state index contributed by atoms with van der Waals surface area (Å²) in [6.07, 6.45) is 7.17. The van der Waals surface area contributed by atoms with E-state index in [0.717, 1.165) is 44.2 Å². The highest BCUT2D eigenvalue weighted by Gasteiger charge is 2.28. The summed E-state index contributed by atoms with van der Waals surface area (Å²) in [5, 5.41) is 11.9. The molecule has 8 nitrogen and oxygen atoms in total. The number of benzene rings is 1. The van der Waals surface area contributed by atoms with Crippen LogP contribution < -0.4 is 5.32 Å². The molecule has 0 saturated carbocycles. The number of aryl methyl sites for hydroxylation is 2. The van der Waals surface area contributed by atoms with Crippen molar-refractivity contribution in [1.29, 1.82) is 5.26 Å². The Morgan fingerprint density at radius 1 is 1.23 bits per heavy atom. The van der Waals surface area contributed by atoms with Gasteiger partial charge >= 0.3 is 12.1 Å². The van der Waals surface area contributed by atoms with Crippen LogP contribution in [0.2, 0.25) is 0 Å². The number of hydrogen-bond donors (Lipinski definition) is 1. The van der Waals surface area contributed by atoms with E-state index in [9.17, 15) is 9.59 Å². The first-order valence-corrected chi connectivity index (χ1v) is 10.3. The highest BCUT2D eigenvalue weighted by atomic mass is 16.6. The molecular formula is C22H24N4O4. The maximum atomic E-state index is 12.8.